The van der Waals surface area contributed by atoms with Crippen molar-refractivity contribution in [2.45, 2.75) is 56.0 Å². The lowest BCUT2D eigenvalue weighted by Crippen LogP contribution is -2.34. The van der Waals surface area contributed by atoms with Gasteiger partial charge >= 0.3 is 0 Å². The Kier molecular flexibility index (Phi) is 7.25. The summed E-state index contributed by atoms with van der Waals surface area (Å²) in [5.74, 6) is 0.253. The molecule has 1 fully saturated rings. The van der Waals surface area contributed by atoms with E-state index in [0.29, 0.717) is 18.5 Å². The van der Waals surface area contributed by atoms with Gasteiger partial charge in [-0.2, -0.15) is 0 Å². The molecule has 0 spiro atoms. The number of anilines is 1. The Morgan fingerprint density at radius 3 is 2.66 bits per heavy atom. The fourth-order valence-electron chi connectivity index (χ4n) is 5.85. The molecule has 1 aromatic heterocycles. The van der Waals surface area contributed by atoms with Crippen LogP contribution in [0.5, 0.6) is 0 Å². The molecule has 1 heterocycles. The third kappa shape index (κ3) is 5.69. The molecule has 0 unspecified atom stereocenters. The molecule has 2 aliphatic carbocycles. The van der Waals surface area contributed by atoms with Crippen LogP contribution in [0.2, 0.25) is 0 Å². The van der Waals surface area contributed by atoms with Gasteiger partial charge in [-0.1, -0.05) is 30.3 Å². The van der Waals surface area contributed by atoms with Crippen LogP contribution in [0.15, 0.2) is 84.0 Å². The van der Waals surface area contributed by atoms with Crippen LogP contribution >= 0.6 is 0 Å². The first-order valence-electron chi connectivity index (χ1n) is 13.9. The molecule has 212 valence electrons. The van der Waals surface area contributed by atoms with Gasteiger partial charge in [-0.15, -0.1) is 0 Å². The SMILES string of the molecule is Cc1cccc(S(=O)(=O)N[C@@H]2CCCc3ccc(N(Cc4nccn4C)C(=O)[C@H]4C[C@@H]4c4ccc(F)cc4)cc32)c1. The first kappa shape index (κ1) is 27.4. The molecule has 1 saturated carbocycles. The molecule has 9 heteroatoms. The summed E-state index contributed by atoms with van der Waals surface area (Å²) >= 11 is 0. The number of rotatable bonds is 8. The summed E-state index contributed by atoms with van der Waals surface area (Å²) in [7, 11) is -1.84. The van der Waals surface area contributed by atoms with Crippen LogP contribution in [0.4, 0.5) is 10.1 Å². The summed E-state index contributed by atoms with van der Waals surface area (Å²) in [4.78, 5) is 20.5. The summed E-state index contributed by atoms with van der Waals surface area (Å²) in [5, 5.41) is 0. The Morgan fingerprint density at radius 1 is 1.12 bits per heavy atom. The molecule has 1 N–H and O–H groups in total. The maximum absolute atomic E-state index is 14.0. The number of aromatic nitrogens is 2. The van der Waals surface area contributed by atoms with E-state index in [1.165, 1.54) is 12.1 Å². The lowest BCUT2D eigenvalue weighted by molar-refractivity contribution is -0.120. The lowest BCUT2D eigenvalue weighted by atomic mass is 9.87. The highest BCUT2D eigenvalue weighted by molar-refractivity contribution is 7.89. The van der Waals surface area contributed by atoms with E-state index in [0.717, 1.165) is 40.9 Å². The normalized spacial score (nSPS) is 19.9. The summed E-state index contributed by atoms with van der Waals surface area (Å²) in [6.07, 6.45) is 6.64. The Morgan fingerprint density at radius 2 is 1.93 bits per heavy atom. The van der Waals surface area contributed by atoms with E-state index < -0.39 is 16.1 Å². The number of hydrogen-bond donors (Lipinski definition) is 1. The molecule has 2 aliphatic rings. The molecular weight excluding hydrogens is 539 g/mol. The maximum atomic E-state index is 14.0. The van der Waals surface area contributed by atoms with Crippen molar-refractivity contribution in [1.82, 2.24) is 14.3 Å². The van der Waals surface area contributed by atoms with Crippen LogP contribution in [0, 0.1) is 18.7 Å². The highest BCUT2D eigenvalue weighted by atomic mass is 32.2. The summed E-state index contributed by atoms with van der Waals surface area (Å²) in [6, 6.07) is 18.8. The van der Waals surface area contributed by atoms with Crippen LogP contribution in [-0.2, 0) is 34.8 Å². The third-order valence-corrected chi connectivity index (χ3v) is 9.71. The fourth-order valence-corrected chi connectivity index (χ4v) is 7.20. The smallest absolute Gasteiger partial charge is 0.241 e. The number of hydrogen-bond acceptors (Lipinski definition) is 4. The fraction of sp³-hybridized carbons (Fsp3) is 0.312. The molecule has 0 bridgehead atoms. The lowest BCUT2D eigenvalue weighted by Gasteiger charge is -2.29. The number of sulfonamides is 1. The zero-order valence-electron chi connectivity index (χ0n) is 23.1. The maximum Gasteiger partial charge on any atom is 0.241 e. The molecule has 4 aromatic rings. The van der Waals surface area contributed by atoms with Crippen LogP contribution < -0.4 is 9.62 Å². The van der Waals surface area contributed by atoms with Gasteiger partial charge in [0.2, 0.25) is 15.9 Å². The minimum Gasteiger partial charge on any atom is -0.337 e. The zero-order chi connectivity index (χ0) is 28.7. The van der Waals surface area contributed by atoms with Crippen molar-refractivity contribution in [3.63, 3.8) is 0 Å². The minimum absolute atomic E-state index is 0.0185. The first-order valence-corrected chi connectivity index (χ1v) is 15.4. The summed E-state index contributed by atoms with van der Waals surface area (Å²) in [6.45, 7) is 2.16. The number of amides is 1. The average molecular weight is 573 g/mol. The van der Waals surface area contributed by atoms with E-state index >= 15 is 0 Å². The Labute approximate surface area is 240 Å². The van der Waals surface area contributed by atoms with Gasteiger partial charge < -0.3 is 9.47 Å². The van der Waals surface area contributed by atoms with Crippen LogP contribution in [0.3, 0.4) is 0 Å². The van der Waals surface area contributed by atoms with Gasteiger partial charge in [0.1, 0.15) is 11.6 Å². The Balaban J connectivity index is 1.31. The molecule has 3 aromatic carbocycles. The Hall–Kier alpha value is -3.82. The predicted octanol–water partition coefficient (Wildman–Crippen LogP) is 5.56. The van der Waals surface area contributed by atoms with Gasteiger partial charge in [0, 0.05) is 37.1 Å². The van der Waals surface area contributed by atoms with Crippen molar-refractivity contribution in [3.8, 4) is 0 Å². The number of nitrogens with one attached hydrogen (secondary N) is 1. The highest BCUT2D eigenvalue weighted by Gasteiger charge is 2.46. The van der Waals surface area contributed by atoms with E-state index in [-0.39, 0.29) is 35.0 Å². The van der Waals surface area contributed by atoms with E-state index in [1.807, 2.05) is 49.0 Å². The average Bonchev–Trinajstić information content (AvgIpc) is 3.66. The van der Waals surface area contributed by atoms with Crippen LogP contribution in [-0.4, -0.2) is 23.9 Å². The van der Waals surface area contributed by atoms with E-state index in [4.69, 9.17) is 0 Å². The van der Waals surface area contributed by atoms with Crippen molar-refractivity contribution in [1.29, 1.82) is 0 Å². The minimum atomic E-state index is -3.74. The number of carbonyl (C=O) groups is 1. The molecule has 41 heavy (non-hydrogen) atoms. The van der Waals surface area contributed by atoms with Gasteiger partial charge in [-0.3, -0.25) is 4.79 Å². The molecule has 3 atom stereocenters. The molecule has 1 amide bonds. The zero-order valence-corrected chi connectivity index (χ0v) is 23.9. The number of halogens is 1. The molecule has 6 rings (SSSR count). The largest absolute Gasteiger partial charge is 0.337 e. The van der Waals surface area contributed by atoms with Crippen molar-refractivity contribution < 1.29 is 17.6 Å². The molecule has 7 nitrogen and oxygen atoms in total. The molecule has 0 saturated heterocycles. The summed E-state index contributed by atoms with van der Waals surface area (Å²) < 4.78 is 44.9. The quantitative estimate of drug-likeness (QED) is 0.300. The number of fused-ring (bicyclic) bond motifs is 1. The first-order chi connectivity index (χ1) is 19.7. The predicted molar refractivity (Wildman–Crippen MR) is 155 cm³/mol. The number of nitrogens with zero attached hydrogens (tertiary/aromatic N) is 3. The third-order valence-electron chi connectivity index (χ3n) is 8.25. The van der Waals surface area contributed by atoms with Gasteiger partial charge in [0.25, 0.3) is 0 Å². The van der Waals surface area contributed by atoms with Gasteiger partial charge in [0.05, 0.1) is 11.4 Å². The van der Waals surface area contributed by atoms with Crippen molar-refractivity contribution >= 4 is 21.6 Å². The van der Waals surface area contributed by atoms with E-state index in [9.17, 15) is 17.6 Å². The van der Waals surface area contributed by atoms with E-state index in [1.54, 1.807) is 41.4 Å². The molecule has 0 radical (unpaired) electrons. The van der Waals surface area contributed by atoms with Gasteiger partial charge in [0.15, 0.2) is 0 Å². The second-order valence-corrected chi connectivity index (χ2v) is 12.9. The van der Waals surface area contributed by atoms with Gasteiger partial charge in [-0.25, -0.2) is 22.5 Å². The standard InChI is InChI=1S/C32H33FN4O3S/c1-21-5-3-7-26(17-21)41(39,40)35-30-8-4-6-22-11-14-25(18-28(22)30)37(20-31-34-15-16-36(31)2)32(38)29-19-27(29)23-9-12-24(33)13-10-23/h3,5,7,9-18,27,29-30,35H,4,6,8,19-20H2,1-2H3/t27-,29+,30-/m1/s1. The van der Waals surface area contributed by atoms with Crippen molar-refractivity contribution in [2.75, 3.05) is 4.90 Å². The monoisotopic (exact) mass is 572 g/mol. The molecule has 0 aliphatic heterocycles. The summed E-state index contributed by atoms with van der Waals surface area (Å²) in [5.41, 5.74) is 4.52. The number of imidazole rings is 1. The van der Waals surface area contributed by atoms with Crippen molar-refractivity contribution in [3.05, 3.63) is 113 Å². The second kappa shape index (κ2) is 10.9. The van der Waals surface area contributed by atoms with Crippen molar-refractivity contribution in [2.24, 2.45) is 13.0 Å². The molecular formula is C32H33FN4O3S. The highest BCUT2D eigenvalue weighted by Crippen LogP contribution is 2.49. The second-order valence-electron chi connectivity index (χ2n) is 11.1. The van der Waals surface area contributed by atoms with E-state index in [2.05, 4.69) is 9.71 Å². The number of benzene rings is 3. The van der Waals surface area contributed by atoms with Crippen LogP contribution in [0.25, 0.3) is 0 Å². The Bertz CT molecular complexity index is 1700. The number of aryl methyl sites for hydroxylation is 3. The number of carbonyl (C=O) groups excluding carboxylic acids is 1. The van der Waals surface area contributed by atoms with Gasteiger partial charge in [-0.05, 0) is 97.2 Å². The van der Waals surface area contributed by atoms with Crippen LogP contribution in [0.1, 0.15) is 59.3 Å². The topological polar surface area (TPSA) is 84.3 Å².